The van der Waals surface area contributed by atoms with Crippen molar-refractivity contribution in [2.24, 2.45) is 0 Å². The van der Waals surface area contributed by atoms with E-state index in [1.54, 1.807) is 0 Å². The summed E-state index contributed by atoms with van der Waals surface area (Å²) in [6.45, 7) is 3.66. The second kappa shape index (κ2) is 6.86. The summed E-state index contributed by atoms with van der Waals surface area (Å²) in [5.41, 5.74) is 1.36. The number of hydrogen-bond acceptors (Lipinski definition) is 3. The van der Waals surface area contributed by atoms with E-state index in [9.17, 15) is 14.4 Å². The maximum Gasteiger partial charge on any atom is 0.325 e. The predicted octanol–water partition coefficient (Wildman–Crippen LogP) is 2.43. The highest BCUT2D eigenvalue weighted by Crippen LogP contribution is 2.33. The van der Waals surface area contributed by atoms with E-state index in [0.717, 1.165) is 35.3 Å². The number of imide groups is 1. The zero-order valence-electron chi connectivity index (χ0n) is 14.8. The van der Waals surface area contributed by atoms with Crippen LogP contribution in [0.3, 0.4) is 0 Å². The van der Waals surface area contributed by atoms with Crippen LogP contribution in [0.1, 0.15) is 56.2 Å². The van der Waals surface area contributed by atoms with Crippen molar-refractivity contribution < 1.29 is 14.4 Å². The number of nitrogens with one attached hydrogen (secondary N) is 2. The molecule has 134 valence electrons. The lowest BCUT2D eigenvalue weighted by Crippen LogP contribution is -2.49. The monoisotopic (exact) mass is 343 g/mol. The Morgan fingerprint density at radius 2 is 1.84 bits per heavy atom. The first kappa shape index (κ1) is 17.5. The summed E-state index contributed by atoms with van der Waals surface area (Å²) in [5, 5.41) is 5.69. The van der Waals surface area contributed by atoms with Crippen LogP contribution in [0, 0.1) is 6.92 Å². The maximum absolute atomic E-state index is 12.7. The Morgan fingerprint density at radius 3 is 2.48 bits per heavy atom. The van der Waals surface area contributed by atoms with Gasteiger partial charge in [0.25, 0.3) is 5.91 Å². The van der Waals surface area contributed by atoms with Crippen molar-refractivity contribution >= 4 is 17.8 Å². The molecule has 1 atom stereocenters. The van der Waals surface area contributed by atoms with Crippen molar-refractivity contribution in [2.75, 3.05) is 6.54 Å². The highest BCUT2D eigenvalue weighted by atomic mass is 16.2. The molecule has 4 amide bonds. The van der Waals surface area contributed by atoms with Crippen molar-refractivity contribution in [3.63, 3.8) is 0 Å². The lowest BCUT2D eigenvalue weighted by Gasteiger charge is -2.30. The minimum atomic E-state index is -0.780. The number of aryl methyl sites for hydroxylation is 1. The smallest absolute Gasteiger partial charge is 0.325 e. The van der Waals surface area contributed by atoms with Crippen LogP contribution in [0.2, 0.25) is 0 Å². The van der Waals surface area contributed by atoms with Crippen molar-refractivity contribution in [3.05, 3.63) is 35.4 Å². The molecular weight excluding hydrogens is 318 g/mol. The van der Waals surface area contributed by atoms with Gasteiger partial charge in [0.15, 0.2) is 0 Å². The third kappa shape index (κ3) is 3.52. The normalized spacial score (nSPS) is 20.5. The molecule has 2 aliphatic rings. The molecule has 2 fully saturated rings. The Bertz CT molecular complexity index is 678. The average Bonchev–Trinajstić information content (AvgIpc) is 2.80. The van der Waals surface area contributed by atoms with E-state index in [1.807, 2.05) is 38.1 Å². The highest BCUT2D eigenvalue weighted by Gasteiger charge is 2.51. The summed E-state index contributed by atoms with van der Waals surface area (Å²) in [4.78, 5) is 38.3. The largest absolute Gasteiger partial charge is 0.348 e. The summed E-state index contributed by atoms with van der Waals surface area (Å²) in [5.74, 6) is -0.584. The Morgan fingerprint density at radius 1 is 1.20 bits per heavy atom. The molecule has 0 unspecified atom stereocenters. The molecule has 3 rings (SSSR count). The van der Waals surface area contributed by atoms with Crippen molar-refractivity contribution in [1.29, 1.82) is 0 Å². The second-order valence-corrected chi connectivity index (χ2v) is 7.16. The van der Waals surface area contributed by atoms with Crippen LogP contribution in [-0.4, -0.2) is 34.8 Å². The van der Waals surface area contributed by atoms with E-state index < -0.39 is 11.6 Å². The first-order chi connectivity index (χ1) is 11.9. The highest BCUT2D eigenvalue weighted by molar-refractivity contribution is 6.09. The van der Waals surface area contributed by atoms with E-state index in [4.69, 9.17) is 0 Å². The van der Waals surface area contributed by atoms with Gasteiger partial charge >= 0.3 is 6.03 Å². The third-order valence-electron chi connectivity index (χ3n) is 5.21. The molecule has 25 heavy (non-hydrogen) atoms. The fraction of sp³-hybridized carbons (Fsp3) is 0.526. The number of rotatable bonds is 4. The molecule has 1 heterocycles. The molecule has 6 nitrogen and oxygen atoms in total. The van der Waals surface area contributed by atoms with Crippen molar-refractivity contribution in [3.8, 4) is 0 Å². The number of carbonyl (C=O) groups is 3. The number of carbonyl (C=O) groups excluding carboxylic acids is 3. The molecule has 1 saturated carbocycles. The van der Waals surface area contributed by atoms with Crippen LogP contribution in [0.5, 0.6) is 0 Å². The van der Waals surface area contributed by atoms with E-state index in [2.05, 4.69) is 10.6 Å². The zero-order valence-corrected chi connectivity index (χ0v) is 14.8. The van der Waals surface area contributed by atoms with Gasteiger partial charge in [-0.15, -0.1) is 0 Å². The van der Waals surface area contributed by atoms with Crippen LogP contribution in [-0.2, 0) is 9.59 Å². The Labute approximate surface area is 148 Å². The fourth-order valence-corrected chi connectivity index (χ4v) is 3.68. The molecule has 1 spiro atoms. The van der Waals surface area contributed by atoms with Crippen LogP contribution in [0.25, 0.3) is 0 Å². The molecule has 2 N–H and O–H groups in total. The quantitative estimate of drug-likeness (QED) is 0.824. The number of amides is 4. The van der Waals surface area contributed by atoms with Gasteiger partial charge in [-0.05, 0) is 32.3 Å². The van der Waals surface area contributed by atoms with Gasteiger partial charge in [0.1, 0.15) is 12.1 Å². The van der Waals surface area contributed by atoms with Gasteiger partial charge in [-0.1, -0.05) is 49.1 Å². The second-order valence-electron chi connectivity index (χ2n) is 7.16. The first-order valence-electron chi connectivity index (χ1n) is 8.91. The topological polar surface area (TPSA) is 78.5 Å². The van der Waals surface area contributed by atoms with Gasteiger partial charge in [0.2, 0.25) is 5.91 Å². The average molecular weight is 343 g/mol. The summed E-state index contributed by atoms with van der Waals surface area (Å²) in [6.07, 6.45) is 4.26. The minimum absolute atomic E-state index is 0.183. The zero-order chi connectivity index (χ0) is 18.0. The molecule has 1 aliphatic carbocycles. The number of benzene rings is 1. The molecule has 0 aromatic heterocycles. The molecule has 6 heteroatoms. The molecule has 1 saturated heterocycles. The van der Waals surface area contributed by atoms with Gasteiger partial charge in [0, 0.05) is 0 Å². The summed E-state index contributed by atoms with van der Waals surface area (Å²) >= 11 is 0. The number of nitrogens with zero attached hydrogens (tertiary/aromatic N) is 1. The minimum Gasteiger partial charge on any atom is -0.348 e. The Kier molecular flexibility index (Phi) is 4.79. The fourth-order valence-electron chi connectivity index (χ4n) is 3.68. The Hall–Kier alpha value is -2.37. The number of urea groups is 1. The third-order valence-corrected chi connectivity index (χ3v) is 5.21. The van der Waals surface area contributed by atoms with Gasteiger partial charge in [0.05, 0.1) is 6.04 Å². The van der Waals surface area contributed by atoms with E-state index in [-0.39, 0.29) is 24.4 Å². The van der Waals surface area contributed by atoms with Crippen LogP contribution in [0.4, 0.5) is 4.79 Å². The van der Waals surface area contributed by atoms with Crippen molar-refractivity contribution in [2.45, 2.75) is 57.5 Å². The van der Waals surface area contributed by atoms with Gasteiger partial charge in [-0.2, -0.15) is 0 Å². The summed E-state index contributed by atoms with van der Waals surface area (Å²) in [6, 6.07) is 7.27. The molecule has 0 radical (unpaired) electrons. The van der Waals surface area contributed by atoms with Crippen LogP contribution in [0.15, 0.2) is 24.3 Å². The van der Waals surface area contributed by atoms with E-state index >= 15 is 0 Å². The van der Waals surface area contributed by atoms with Gasteiger partial charge in [-0.25, -0.2) is 4.79 Å². The van der Waals surface area contributed by atoms with Gasteiger partial charge in [-0.3, -0.25) is 14.5 Å². The van der Waals surface area contributed by atoms with E-state index in [1.165, 1.54) is 0 Å². The van der Waals surface area contributed by atoms with E-state index in [0.29, 0.717) is 12.8 Å². The SMILES string of the molecule is Cc1ccc([C@H](C)NC(=O)CN2C(=O)NC3(CCCCC3)C2=O)cc1. The first-order valence-corrected chi connectivity index (χ1v) is 8.91. The molecular formula is C19H25N3O3. The summed E-state index contributed by atoms with van der Waals surface area (Å²) in [7, 11) is 0. The Balaban J connectivity index is 1.61. The molecule has 0 bridgehead atoms. The molecule has 1 aromatic carbocycles. The van der Waals surface area contributed by atoms with Crippen LogP contribution >= 0.6 is 0 Å². The van der Waals surface area contributed by atoms with Crippen molar-refractivity contribution in [1.82, 2.24) is 15.5 Å². The van der Waals surface area contributed by atoms with Crippen LogP contribution < -0.4 is 10.6 Å². The summed E-state index contributed by atoms with van der Waals surface area (Å²) < 4.78 is 0. The number of hydrogen-bond donors (Lipinski definition) is 2. The van der Waals surface area contributed by atoms with Gasteiger partial charge < -0.3 is 10.6 Å². The molecule has 1 aromatic rings. The lowest BCUT2D eigenvalue weighted by atomic mass is 9.82. The standard InChI is InChI=1S/C19H25N3O3/c1-13-6-8-15(9-7-13)14(2)20-16(23)12-22-17(24)19(21-18(22)25)10-4-3-5-11-19/h6-9,14H,3-5,10-12H2,1-2H3,(H,20,23)(H,21,25)/t14-/m0/s1. The molecule has 1 aliphatic heterocycles. The predicted molar refractivity (Wildman–Crippen MR) is 93.8 cm³/mol. The lowest BCUT2D eigenvalue weighted by molar-refractivity contribution is -0.136. The maximum atomic E-state index is 12.7.